The second-order valence-electron chi connectivity index (χ2n) is 5.13. The molecule has 1 aromatic rings. The average Bonchev–Trinajstić information content (AvgIpc) is 2.35. The van der Waals surface area contributed by atoms with E-state index in [9.17, 15) is 0 Å². The minimum Gasteiger partial charge on any atom is -0.496 e. The Labute approximate surface area is 112 Å². The van der Waals surface area contributed by atoms with E-state index < -0.39 is 0 Å². The fourth-order valence-electron chi connectivity index (χ4n) is 2.28. The number of ether oxygens (including phenoxy) is 1. The van der Waals surface area contributed by atoms with E-state index in [2.05, 4.69) is 26.0 Å². The van der Waals surface area contributed by atoms with E-state index >= 15 is 0 Å². The average molecular weight is 249 g/mol. The van der Waals surface area contributed by atoms with Crippen LogP contribution in [0.5, 0.6) is 5.75 Å². The molecule has 0 amide bonds. The Morgan fingerprint density at radius 2 is 2.00 bits per heavy atom. The Balaban J connectivity index is 2.47. The molecular weight excluding hydrogens is 222 g/mol. The highest BCUT2D eigenvalue weighted by Crippen LogP contribution is 2.21. The van der Waals surface area contributed by atoms with Crippen LogP contribution in [0, 0.1) is 6.92 Å². The molecule has 1 aromatic carbocycles. The topological polar surface area (TPSA) is 35.2 Å². The molecule has 0 heterocycles. The van der Waals surface area contributed by atoms with Crippen molar-refractivity contribution >= 4 is 0 Å². The van der Waals surface area contributed by atoms with E-state index in [0.717, 1.165) is 18.6 Å². The minimum atomic E-state index is 0.248. The molecule has 0 spiro atoms. The Kier molecular flexibility index (Phi) is 6.81. The third-order valence-corrected chi connectivity index (χ3v) is 3.35. The van der Waals surface area contributed by atoms with E-state index in [0.29, 0.717) is 0 Å². The van der Waals surface area contributed by atoms with Crippen LogP contribution in [-0.2, 0) is 6.42 Å². The molecule has 1 rings (SSSR count). The van der Waals surface area contributed by atoms with E-state index in [1.54, 1.807) is 7.11 Å². The van der Waals surface area contributed by atoms with Gasteiger partial charge in [-0.15, -0.1) is 0 Å². The molecule has 2 nitrogen and oxygen atoms in total. The van der Waals surface area contributed by atoms with Gasteiger partial charge in [0.1, 0.15) is 5.75 Å². The van der Waals surface area contributed by atoms with E-state index in [-0.39, 0.29) is 6.04 Å². The fraction of sp³-hybridized carbons (Fsp3) is 0.625. The summed E-state index contributed by atoms with van der Waals surface area (Å²) in [5, 5.41) is 0. The van der Waals surface area contributed by atoms with Crippen LogP contribution in [0.1, 0.15) is 50.2 Å². The second-order valence-corrected chi connectivity index (χ2v) is 5.13. The largest absolute Gasteiger partial charge is 0.496 e. The Morgan fingerprint density at radius 1 is 1.22 bits per heavy atom. The van der Waals surface area contributed by atoms with Gasteiger partial charge in [-0.2, -0.15) is 0 Å². The van der Waals surface area contributed by atoms with Crippen LogP contribution in [0.2, 0.25) is 0 Å². The Morgan fingerprint density at radius 3 is 2.67 bits per heavy atom. The van der Waals surface area contributed by atoms with Crippen LogP contribution in [0.4, 0.5) is 0 Å². The summed E-state index contributed by atoms with van der Waals surface area (Å²) >= 11 is 0. The molecule has 2 N–H and O–H groups in total. The molecule has 1 unspecified atom stereocenters. The van der Waals surface area contributed by atoms with Gasteiger partial charge in [-0.1, -0.05) is 50.3 Å². The van der Waals surface area contributed by atoms with E-state index in [1.807, 2.05) is 6.07 Å². The van der Waals surface area contributed by atoms with Crippen LogP contribution in [0.15, 0.2) is 18.2 Å². The zero-order valence-electron chi connectivity index (χ0n) is 12.0. The lowest BCUT2D eigenvalue weighted by molar-refractivity contribution is 0.406. The van der Waals surface area contributed by atoms with E-state index in [4.69, 9.17) is 10.5 Å². The predicted molar refractivity (Wildman–Crippen MR) is 78.2 cm³/mol. The van der Waals surface area contributed by atoms with Crippen LogP contribution in [0.3, 0.4) is 0 Å². The third-order valence-electron chi connectivity index (χ3n) is 3.35. The van der Waals surface area contributed by atoms with Gasteiger partial charge in [0.25, 0.3) is 0 Å². The summed E-state index contributed by atoms with van der Waals surface area (Å²) in [5.74, 6) is 0.963. The van der Waals surface area contributed by atoms with Crippen LogP contribution < -0.4 is 10.5 Å². The first-order valence-corrected chi connectivity index (χ1v) is 7.06. The summed E-state index contributed by atoms with van der Waals surface area (Å²) in [5.41, 5.74) is 8.71. The van der Waals surface area contributed by atoms with Gasteiger partial charge < -0.3 is 10.5 Å². The van der Waals surface area contributed by atoms with Crippen molar-refractivity contribution in [2.45, 2.75) is 58.4 Å². The molecule has 0 aromatic heterocycles. The number of hydrogen-bond acceptors (Lipinski definition) is 2. The summed E-state index contributed by atoms with van der Waals surface area (Å²) in [7, 11) is 1.72. The monoisotopic (exact) mass is 249 g/mol. The summed E-state index contributed by atoms with van der Waals surface area (Å²) < 4.78 is 5.39. The standard InChI is InChI=1S/C16H27NO/c1-4-5-6-7-8-15(17)12-14-11-13(2)9-10-16(14)18-3/h9-11,15H,4-8,12,17H2,1-3H3. The van der Waals surface area contributed by atoms with Gasteiger partial charge in [0.15, 0.2) is 0 Å². The predicted octanol–water partition coefficient (Wildman–Crippen LogP) is 3.84. The lowest BCUT2D eigenvalue weighted by Gasteiger charge is -2.14. The molecule has 18 heavy (non-hydrogen) atoms. The highest BCUT2D eigenvalue weighted by atomic mass is 16.5. The Bertz CT molecular complexity index is 349. The van der Waals surface area contributed by atoms with Crippen molar-refractivity contribution in [2.75, 3.05) is 7.11 Å². The maximum Gasteiger partial charge on any atom is 0.122 e. The SMILES string of the molecule is CCCCCCC(N)Cc1cc(C)ccc1OC. The first-order chi connectivity index (χ1) is 8.67. The van der Waals surface area contributed by atoms with Crippen molar-refractivity contribution in [3.8, 4) is 5.75 Å². The molecule has 0 saturated heterocycles. The molecule has 102 valence electrons. The lowest BCUT2D eigenvalue weighted by Crippen LogP contribution is -2.23. The number of hydrogen-bond donors (Lipinski definition) is 1. The van der Waals surface area contributed by atoms with Crippen molar-refractivity contribution in [2.24, 2.45) is 5.73 Å². The summed E-state index contributed by atoms with van der Waals surface area (Å²) in [6.45, 7) is 4.34. The minimum absolute atomic E-state index is 0.248. The lowest BCUT2D eigenvalue weighted by atomic mass is 9.99. The van der Waals surface area contributed by atoms with Crippen LogP contribution in [-0.4, -0.2) is 13.2 Å². The van der Waals surface area contributed by atoms with Crippen molar-refractivity contribution in [1.82, 2.24) is 0 Å². The third kappa shape index (κ3) is 5.09. The van der Waals surface area contributed by atoms with Gasteiger partial charge in [-0.3, -0.25) is 0 Å². The zero-order chi connectivity index (χ0) is 13.4. The highest BCUT2D eigenvalue weighted by Gasteiger charge is 2.09. The van der Waals surface area contributed by atoms with Crippen molar-refractivity contribution < 1.29 is 4.74 Å². The first kappa shape index (κ1) is 15.0. The van der Waals surface area contributed by atoms with Gasteiger partial charge >= 0.3 is 0 Å². The normalized spacial score (nSPS) is 12.4. The molecule has 0 fully saturated rings. The molecular formula is C16H27NO. The molecule has 0 saturated carbocycles. The summed E-state index contributed by atoms with van der Waals surface area (Å²) in [6.07, 6.45) is 7.16. The molecule has 0 aliphatic carbocycles. The van der Waals surface area contributed by atoms with Crippen LogP contribution >= 0.6 is 0 Å². The van der Waals surface area contributed by atoms with Gasteiger partial charge in [-0.25, -0.2) is 0 Å². The maximum atomic E-state index is 6.21. The number of unbranched alkanes of at least 4 members (excludes halogenated alkanes) is 3. The molecule has 1 atom stereocenters. The number of aryl methyl sites for hydroxylation is 1. The molecule has 0 aliphatic rings. The number of benzene rings is 1. The maximum absolute atomic E-state index is 6.21. The number of rotatable bonds is 8. The van der Waals surface area contributed by atoms with Gasteiger partial charge in [0.2, 0.25) is 0 Å². The Hall–Kier alpha value is -1.02. The fourth-order valence-corrected chi connectivity index (χ4v) is 2.28. The van der Waals surface area contributed by atoms with Crippen LogP contribution in [0.25, 0.3) is 0 Å². The summed E-state index contributed by atoms with van der Waals surface area (Å²) in [6, 6.07) is 6.55. The van der Waals surface area contributed by atoms with Crippen molar-refractivity contribution in [3.05, 3.63) is 29.3 Å². The van der Waals surface area contributed by atoms with Crippen molar-refractivity contribution in [1.29, 1.82) is 0 Å². The zero-order valence-corrected chi connectivity index (χ0v) is 12.0. The number of nitrogens with two attached hydrogens (primary N) is 1. The second kappa shape index (κ2) is 8.15. The smallest absolute Gasteiger partial charge is 0.122 e. The van der Waals surface area contributed by atoms with E-state index in [1.165, 1.54) is 36.8 Å². The molecule has 0 bridgehead atoms. The highest BCUT2D eigenvalue weighted by molar-refractivity contribution is 5.37. The molecule has 0 aliphatic heterocycles. The van der Waals surface area contributed by atoms with Gasteiger partial charge in [0, 0.05) is 6.04 Å². The number of methoxy groups -OCH3 is 1. The summed E-state index contributed by atoms with van der Waals surface area (Å²) in [4.78, 5) is 0. The molecule has 2 heteroatoms. The quantitative estimate of drug-likeness (QED) is 0.710. The van der Waals surface area contributed by atoms with Crippen molar-refractivity contribution in [3.63, 3.8) is 0 Å². The van der Waals surface area contributed by atoms with Gasteiger partial charge in [-0.05, 0) is 31.4 Å². The molecule has 0 radical (unpaired) electrons. The first-order valence-electron chi connectivity index (χ1n) is 7.06. The van der Waals surface area contributed by atoms with Gasteiger partial charge in [0.05, 0.1) is 7.11 Å².